The lowest BCUT2D eigenvalue weighted by Gasteiger charge is -2.20. The van der Waals surface area contributed by atoms with E-state index in [4.69, 9.17) is 25.4 Å². The highest BCUT2D eigenvalue weighted by atomic mass is 32.5. The van der Waals surface area contributed by atoms with Crippen molar-refractivity contribution in [2.24, 2.45) is 0 Å². The zero-order valence-corrected chi connectivity index (χ0v) is 10.8. The third-order valence-corrected chi connectivity index (χ3v) is 3.95. The molecule has 0 amide bonds. The van der Waals surface area contributed by atoms with E-state index in [1.807, 2.05) is 20.8 Å². The first-order valence-electron chi connectivity index (χ1n) is 4.72. The van der Waals surface area contributed by atoms with E-state index in [1.54, 1.807) is 0 Å². The van der Waals surface area contributed by atoms with Crippen LogP contribution in [-0.2, 0) is 25.4 Å². The molecular formula is C9H19O3PS. The number of rotatable bonds is 8. The standard InChI is InChI=1S/C9H19O3PS/c1-5-10-13(14,11-6-2)12-8-7-9(3)4/h3,5-8H2,1-2,4H3. The zero-order valence-electron chi connectivity index (χ0n) is 9.12. The molecule has 0 bridgehead atoms. The van der Waals surface area contributed by atoms with E-state index in [0.29, 0.717) is 19.8 Å². The summed E-state index contributed by atoms with van der Waals surface area (Å²) >= 11 is 5.17. The maximum atomic E-state index is 5.44. The van der Waals surface area contributed by atoms with Crippen molar-refractivity contribution in [3.63, 3.8) is 0 Å². The van der Waals surface area contributed by atoms with Gasteiger partial charge in [-0.15, -0.1) is 6.58 Å². The zero-order chi connectivity index (χ0) is 11.0. The molecule has 0 radical (unpaired) electrons. The normalized spacial score (nSPS) is 11.6. The first kappa shape index (κ1) is 14.3. The van der Waals surface area contributed by atoms with Crippen molar-refractivity contribution in [3.8, 4) is 0 Å². The maximum Gasteiger partial charge on any atom is 0.327 e. The summed E-state index contributed by atoms with van der Waals surface area (Å²) in [6.45, 7) is 8.56. The van der Waals surface area contributed by atoms with Gasteiger partial charge in [0, 0.05) is 0 Å². The Morgan fingerprint density at radius 3 is 2.07 bits per heavy atom. The van der Waals surface area contributed by atoms with E-state index in [9.17, 15) is 0 Å². The monoisotopic (exact) mass is 238 g/mol. The summed E-state index contributed by atoms with van der Waals surface area (Å²) in [5, 5.41) is 0. The first-order valence-corrected chi connectivity index (χ1v) is 7.27. The smallest absolute Gasteiger partial charge is 0.309 e. The van der Waals surface area contributed by atoms with E-state index >= 15 is 0 Å². The summed E-state index contributed by atoms with van der Waals surface area (Å²) in [6, 6.07) is 0. The molecular weight excluding hydrogens is 219 g/mol. The van der Waals surface area contributed by atoms with Gasteiger partial charge in [-0.05, 0) is 39.0 Å². The summed E-state index contributed by atoms with van der Waals surface area (Å²) in [4.78, 5) is 0. The van der Waals surface area contributed by atoms with E-state index in [1.165, 1.54) is 0 Å². The van der Waals surface area contributed by atoms with Gasteiger partial charge >= 0.3 is 6.72 Å². The lowest BCUT2D eigenvalue weighted by Crippen LogP contribution is -2.01. The van der Waals surface area contributed by atoms with Gasteiger partial charge in [-0.1, -0.05) is 5.57 Å². The summed E-state index contributed by atoms with van der Waals surface area (Å²) in [6.07, 6.45) is 0.790. The molecule has 0 aliphatic rings. The van der Waals surface area contributed by atoms with E-state index in [2.05, 4.69) is 6.58 Å². The highest BCUT2D eigenvalue weighted by Crippen LogP contribution is 2.49. The van der Waals surface area contributed by atoms with Crippen LogP contribution >= 0.6 is 6.72 Å². The molecule has 3 nitrogen and oxygen atoms in total. The van der Waals surface area contributed by atoms with Gasteiger partial charge in [-0.2, -0.15) is 0 Å². The first-order chi connectivity index (χ1) is 6.54. The van der Waals surface area contributed by atoms with Crippen molar-refractivity contribution in [3.05, 3.63) is 12.2 Å². The molecule has 0 aromatic carbocycles. The van der Waals surface area contributed by atoms with Gasteiger partial charge in [0.25, 0.3) is 0 Å². The summed E-state index contributed by atoms with van der Waals surface area (Å²) in [7, 11) is 0. The summed E-state index contributed by atoms with van der Waals surface area (Å²) in [5.74, 6) is 0. The molecule has 0 saturated carbocycles. The van der Waals surface area contributed by atoms with Crippen molar-refractivity contribution < 1.29 is 13.6 Å². The number of hydrogen-bond donors (Lipinski definition) is 0. The molecule has 0 heterocycles. The fraction of sp³-hybridized carbons (Fsp3) is 0.778. The molecule has 14 heavy (non-hydrogen) atoms. The SMILES string of the molecule is C=C(C)CCOP(=S)(OCC)OCC. The van der Waals surface area contributed by atoms with E-state index < -0.39 is 6.72 Å². The van der Waals surface area contributed by atoms with Crippen molar-refractivity contribution in [1.29, 1.82) is 0 Å². The summed E-state index contributed by atoms with van der Waals surface area (Å²) in [5.41, 5.74) is 1.07. The largest absolute Gasteiger partial charge is 0.327 e. The van der Waals surface area contributed by atoms with Crippen LogP contribution in [0.1, 0.15) is 27.2 Å². The van der Waals surface area contributed by atoms with Crippen LogP contribution in [0, 0.1) is 0 Å². The minimum absolute atomic E-state index is 0.518. The third-order valence-electron chi connectivity index (χ3n) is 1.35. The van der Waals surface area contributed by atoms with Crippen molar-refractivity contribution in [2.45, 2.75) is 27.2 Å². The lowest BCUT2D eigenvalue weighted by atomic mass is 10.3. The van der Waals surface area contributed by atoms with Crippen molar-refractivity contribution in [1.82, 2.24) is 0 Å². The molecule has 0 aromatic heterocycles. The van der Waals surface area contributed by atoms with Gasteiger partial charge in [-0.25, -0.2) is 0 Å². The molecule has 5 heteroatoms. The molecule has 0 rings (SSSR count). The van der Waals surface area contributed by atoms with Gasteiger partial charge < -0.3 is 13.6 Å². The quantitative estimate of drug-likeness (QED) is 0.479. The highest BCUT2D eigenvalue weighted by Gasteiger charge is 2.18. The van der Waals surface area contributed by atoms with Gasteiger partial charge in [-0.3, -0.25) is 0 Å². The van der Waals surface area contributed by atoms with Gasteiger partial charge in [0.2, 0.25) is 0 Å². The lowest BCUT2D eigenvalue weighted by molar-refractivity contribution is 0.168. The molecule has 84 valence electrons. The Bertz CT molecular complexity index is 208. The fourth-order valence-electron chi connectivity index (χ4n) is 0.760. The van der Waals surface area contributed by atoms with Crippen LogP contribution in [0.4, 0.5) is 0 Å². The van der Waals surface area contributed by atoms with Gasteiger partial charge in [0.15, 0.2) is 0 Å². The van der Waals surface area contributed by atoms with Crippen LogP contribution in [0.2, 0.25) is 0 Å². The average Bonchev–Trinajstić information content (AvgIpc) is 2.03. The summed E-state index contributed by atoms with van der Waals surface area (Å²) < 4.78 is 16.0. The molecule has 0 fully saturated rings. The van der Waals surface area contributed by atoms with E-state index in [0.717, 1.165) is 12.0 Å². The average molecular weight is 238 g/mol. The van der Waals surface area contributed by atoms with Crippen molar-refractivity contribution >= 4 is 18.5 Å². The second kappa shape index (κ2) is 7.55. The fourth-order valence-corrected chi connectivity index (χ4v) is 2.79. The topological polar surface area (TPSA) is 27.7 Å². The van der Waals surface area contributed by atoms with E-state index in [-0.39, 0.29) is 0 Å². The Morgan fingerprint density at radius 1 is 1.21 bits per heavy atom. The molecule has 0 aromatic rings. The molecule has 0 atom stereocenters. The highest BCUT2D eigenvalue weighted by molar-refractivity contribution is 8.07. The molecule has 0 unspecified atom stereocenters. The van der Waals surface area contributed by atoms with Crippen LogP contribution in [-0.4, -0.2) is 19.8 Å². The van der Waals surface area contributed by atoms with Crippen molar-refractivity contribution in [2.75, 3.05) is 19.8 Å². The minimum atomic E-state index is -2.48. The van der Waals surface area contributed by atoms with Gasteiger partial charge in [0.05, 0.1) is 19.8 Å². The van der Waals surface area contributed by atoms with Crippen LogP contribution in [0.15, 0.2) is 12.2 Å². The molecule has 0 spiro atoms. The Morgan fingerprint density at radius 2 is 1.71 bits per heavy atom. The Hall–Kier alpha value is 0.270. The molecule has 0 saturated heterocycles. The number of hydrogen-bond acceptors (Lipinski definition) is 4. The predicted octanol–water partition coefficient (Wildman–Crippen LogP) is 3.27. The predicted molar refractivity (Wildman–Crippen MR) is 62.9 cm³/mol. The second-order valence-corrected chi connectivity index (χ2v) is 5.83. The Balaban J connectivity index is 3.96. The third kappa shape index (κ3) is 6.68. The molecule has 0 aliphatic carbocycles. The molecule has 0 N–H and O–H groups in total. The molecule has 0 aliphatic heterocycles. The van der Waals surface area contributed by atoms with Crippen LogP contribution in [0.25, 0.3) is 0 Å². The Kier molecular flexibility index (Phi) is 7.69. The van der Waals surface area contributed by atoms with Crippen LogP contribution in [0.3, 0.4) is 0 Å². The van der Waals surface area contributed by atoms with Gasteiger partial charge in [0.1, 0.15) is 0 Å². The maximum absolute atomic E-state index is 5.44. The minimum Gasteiger partial charge on any atom is -0.309 e. The Labute approximate surface area is 91.7 Å². The van der Waals surface area contributed by atoms with Crippen LogP contribution in [0.5, 0.6) is 0 Å². The second-order valence-electron chi connectivity index (χ2n) is 2.82. The van der Waals surface area contributed by atoms with Crippen LogP contribution < -0.4 is 0 Å².